The largest absolute Gasteiger partial charge is 0.421 e. The minimum absolute atomic E-state index is 0.0378. The molecule has 0 amide bonds. The van der Waals surface area contributed by atoms with E-state index in [0.29, 0.717) is 12.1 Å². The maximum Gasteiger partial charge on any atom is 0.417 e. The zero-order valence-corrected chi connectivity index (χ0v) is 17.6. The summed E-state index contributed by atoms with van der Waals surface area (Å²) in [7, 11) is 0. The van der Waals surface area contributed by atoms with E-state index in [1.165, 1.54) is 30.3 Å². The monoisotopic (exact) mass is 495 g/mol. The van der Waals surface area contributed by atoms with Gasteiger partial charge in [-0.1, -0.05) is 54.1 Å². The molecule has 0 aliphatic heterocycles. The number of ether oxygens (including phenoxy) is 1. The molecule has 0 N–H and O–H groups in total. The molecule has 0 radical (unpaired) electrons. The molecule has 0 bridgehead atoms. The molecule has 0 atom stereocenters. The van der Waals surface area contributed by atoms with Crippen molar-refractivity contribution in [2.24, 2.45) is 0 Å². The highest BCUT2D eigenvalue weighted by molar-refractivity contribution is 6.30. The molecule has 0 spiro atoms. The van der Waals surface area contributed by atoms with Gasteiger partial charge in [0, 0.05) is 10.6 Å². The van der Waals surface area contributed by atoms with Crippen LogP contribution in [0.1, 0.15) is 32.6 Å². The van der Waals surface area contributed by atoms with Crippen molar-refractivity contribution in [3.63, 3.8) is 0 Å². The molecule has 0 aliphatic carbocycles. The first-order valence-electron chi connectivity index (χ1n) is 9.38. The lowest BCUT2D eigenvalue weighted by atomic mass is 9.98. The Balaban J connectivity index is 2.26. The van der Waals surface area contributed by atoms with Gasteiger partial charge >= 0.3 is 18.3 Å². The molecular formula is C24H12ClF6NO2. The maximum absolute atomic E-state index is 13.7. The number of alkyl halides is 6. The van der Waals surface area contributed by atoms with Gasteiger partial charge in [0.15, 0.2) is 5.76 Å². The first-order chi connectivity index (χ1) is 15.9. The number of carbonyl (C=O) groups excluding carboxylic acids is 1. The Bertz CT molecular complexity index is 1290. The summed E-state index contributed by atoms with van der Waals surface area (Å²) < 4.78 is 86.4. The Morgan fingerprint density at radius 3 is 1.74 bits per heavy atom. The number of benzene rings is 3. The van der Waals surface area contributed by atoms with Crippen LogP contribution in [0, 0.1) is 11.3 Å². The molecule has 174 valence electrons. The predicted octanol–water partition coefficient (Wildman–Crippen LogP) is 7.63. The first-order valence-corrected chi connectivity index (χ1v) is 9.76. The number of rotatable bonds is 4. The summed E-state index contributed by atoms with van der Waals surface area (Å²) in [5.74, 6) is -2.43. The van der Waals surface area contributed by atoms with Gasteiger partial charge in [0.25, 0.3) is 0 Å². The minimum Gasteiger partial charge on any atom is -0.421 e. The van der Waals surface area contributed by atoms with Gasteiger partial charge in [0.2, 0.25) is 0 Å². The third-order valence-electron chi connectivity index (χ3n) is 4.60. The van der Waals surface area contributed by atoms with Crippen LogP contribution < -0.4 is 0 Å². The Hall–Kier alpha value is -3.77. The van der Waals surface area contributed by atoms with E-state index in [4.69, 9.17) is 16.3 Å². The fraction of sp³-hybridized carbons (Fsp3) is 0.0833. The standard InChI is InChI=1S/C24H12ClF6NO2/c25-15-11-9-14(10-12-15)18(13-32)21(16-5-1-3-7-19(16)23(26,27)28)34-22(33)17-6-2-4-8-20(17)24(29,30)31/h1-12H/b21-18-. The van der Waals surface area contributed by atoms with Crippen LogP contribution in [0.25, 0.3) is 11.3 Å². The number of esters is 1. The number of carbonyl (C=O) groups is 1. The number of halogens is 7. The maximum atomic E-state index is 13.7. The van der Waals surface area contributed by atoms with Crippen molar-refractivity contribution in [1.29, 1.82) is 5.26 Å². The normalized spacial score (nSPS) is 12.5. The zero-order chi connectivity index (χ0) is 25.1. The Labute approximate surface area is 194 Å². The van der Waals surface area contributed by atoms with Crippen molar-refractivity contribution in [2.45, 2.75) is 12.4 Å². The number of nitrogens with zero attached hydrogens (tertiary/aromatic N) is 1. The van der Waals surface area contributed by atoms with Gasteiger partial charge in [-0.25, -0.2) is 4.79 Å². The SMILES string of the molecule is N#C/C(=C(/OC(=O)c1ccccc1C(F)(F)F)c1ccccc1C(F)(F)F)c1ccc(Cl)cc1. The summed E-state index contributed by atoms with van der Waals surface area (Å²) in [6.45, 7) is 0. The van der Waals surface area contributed by atoms with Crippen molar-refractivity contribution >= 4 is 28.9 Å². The van der Waals surface area contributed by atoms with Gasteiger partial charge < -0.3 is 4.74 Å². The molecule has 0 fully saturated rings. The van der Waals surface area contributed by atoms with E-state index in [1.807, 2.05) is 0 Å². The van der Waals surface area contributed by atoms with Crippen LogP contribution in [-0.2, 0) is 17.1 Å². The molecule has 0 aliphatic rings. The summed E-state index contributed by atoms with van der Waals surface area (Å²) in [5.41, 5.74) is -4.68. The predicted molar refractivity (Wildman–Crippen MR) is 112 cm³/mol. The number of hydrogen-bond donors (Lipinski definition) is 0. The second-order valence-electron chi connectivity index (χ2n) is 6.80. The van der Waals surface area contributed by atoms with Crippen molar-refractivity contribution in [1.82, 2.24) is 0 Å². The second-order valence-corrected chi connectivity index (χ2v) is 7.24. The number of hydrogen-bond acceptors (Lipinski definition) is 3. The fourth-order valence-corrected chi connectivity index (χ4v) is 3.21. The Morgan fingerprint density at radius 2 is 1.24 bits per heavy atom. The van der Waals surface area contributed by atoms with Crippen molar-refractivity contribution in [2.75, 3.05) is 0 Å². The van der Waals surface area contributed by atoms with Crippen LogP contribution in [0.15, 0.2) is 72.8 Å². The van der Waals surface area contributed by atoms with E-state index in [9.17, 15) is 36.4 Å². The summed E-state index contributed by atoms with van der Waals surface area (Å²) in [6.07, 6.45) is -9.85. The van der Waals surface area contributed by atoms with Gasteiger partial charge in [-0.15, -0.1) is 0 Å². The molecule has 3 aromatic rings. The van der Waals surface area contributed by atoms with Crippen LogP contribution in [0.4, 0.5) is 26.3 Å². The first kappa shape index (κ1) is 24.9. The Kier molecular flexibility index (Phi) is 7.03. The van der Waals surface area contributed by atoms with Gasteiger partial charge in [-0.3, -0.25) is 0 Å². The molecule has 0 aromatic heterocycles. The van der Waals surface area contributed by atoms with Crippen LogP contribution in [0.3, 0.4) is 0 Å². The lowest BCUT2D eigenvalue weighted by Gasteiger charge is -2.18. The highest BCUT2D eigenvalue weighted by Crippen LogP contribution is 2.39. The molecule has 0 saturated heterocycles. The fourth-order valence-electron chi connectivity index (χ4n) is 3.09. The topological polar surface area (TPSA) is 50.1 Å². The molecule has 0 unspecified atom stereocenters. The van der Waals surface area contributed by atoms with Crippen molar-refractivity contribution < 1.29 is 35.9 Å². The van der Waals surface area contributed by atoms with E-state index in [-0.39, 0.29) is 10.6 Å². The highest BCUT2D eigenvalue weighted by atomic mass is 35.5. The van der Waals surface area contributed by atoms with E-state index >= 15 is 0 Å². The number of allylic oxidation sites excluding steroid dienone is 1. The van der Waals surface area contributed by atoms with E-state index in [0.717, 1.165) is 30.3 Å². The molecule has 0 heterocycles. The zero-order valence-electron chi connectivity index (χ0n) is 16.8. The summed E-state index contributed by atoms with van der Waals surface area (Å²) in [5, 5.41) is 10.0. The van der Waals surface area contributed by atoms with Gasteiger partial charge in [-0.2, -0.15) is 31.6 Å². The van der Waals surface area contributed by atoms with Gasteiger partial charge in [0.05, 0.1) is 16.7 Å². The van der Waals surface area contributed by atoms with Gasteiger partial charge in [-0.05, 0) is 35.9 Å². The molecule has 0 saturated carbocycles. The average molecular weight is 496 g/mol. The summed E-state index contributed by atoms with van der Waals surface area (Å²) >= 11 is 5.83. The van der Waals surface area contributed by atoms with Crippen LogP contribution in [-0.4, -0.2) is 5.97 Å². The quantitative estimate of drug-likeness (QED) is 0.123. The van der Waals surface area contributed by atoms with Crippen molar-refractivity contribution in [3.8, 4) is 6.07 Å². The summed E-state index contributed by atoms with van der Waals surface area (Å²) in [6, 6.07) is 14.6. The van der Waals surface area contributed by atoms with Crippen molar-refractivity contribution in [3.05, 3.63) is 106 Å². The second kappa shape index (κ2) is 9.61. The van der Waals surface area contributed by atoms with E-state index < -0.39 is 51.9 Å². The molecule has 3 rings (SSSR count). The molecule has 10 heteroatoms. The van der Waals surface area contributed by atoms with E-state index in [2.05, 4.69) is 0 Å². The molecule has 34 heavy (non-hydrogen) atoms. The highest BCUT2D eigenvalue weighted by Gasteiger charge is 2.38. The third-order valence-corrected chi connectivity index (χ3v) is 4.85. The van der Waals surface area contributed by atoms with E-state index in [1.54, 1.807) is 6.07 Å². The summed E-state index contributed by atoms with van der Waals surface area (Å²) in [4.78, 5) is 12.8. The lowest BCUT2D eigenvalue weighted by Crippen LogP contribution is -2.16. The Morgan fingerprint density at radius 1 is 0.765 bits per heavy atom. The average Bonchev–Trinajstić information content (AvgIpc) is 2.79. The number of nitriles is 1. The van der Waals surface area contributed by atoms with Crippen LogP contribution in [0.5, 0.6) is 0 Å². The third kappa shape index (κ3) is 5.41. The smallest absolute Gasteiger partial charge is 0.417 e. The van der Waals surface area contributed by atoms with Gasteiger partial charge in [0.1, 0.15) is 11.6 Å². The molecular weight excluding hydrogens is 484 g/mol. The lowest BCUT2D eigenvalue weighted by molar-refractivity contribution is -0.138. The molecule has 3 nitrogen and oxygen atoms in total. The molecule has 3 aromatic carbocycles. The van der Waals surface area contributed by atoms with Crippen LogP contribution in [0.2, 0.25) is 5.02 Å². The van der Waals surface area contributed by atoms with Crippen LogP contribution >= 0.6 is 11.6 Å². The minimum atomic E-state index is -4.93.